The maximum atomic E-state index is 12.0. The molecular formula is C10H14N4O5S. The molecule has 0 radical (unpaired) electrons. The van der Waals surface area contributed by atoms with Gasteiger partial charge in [-0.15, -0.1) is 0 Å². The molecule has 0 saturated heterocycles. The van der Waals surface area contributed by atoms with Crippen LogP contribution >= 0.6 is 0 Å². The standard InChI is InChI=1S/C10H14N4O5S/c1-12-9(15)5-6-13-20(18,19)8-4-2-3-7(11)10(8)14(16)17/h2-4,13H,5-6,11H2,1H3,(H,12,15). The molecule has 20 heavy (non-hydrogen) atoms. The molecular weight excluding hydrogens is 288 g/mol. The van der Waals surface area contributed by atoms with Crippen LogP contribution in [-0.4, -0.2) is 32.8 Å². The molecule has 9 nitrogen and oxygen atoms in total. The van der Waals surface area contributed by atoms with Gasteiger partial charge in [-0.25, -0.2) is 13.1 Å². The number of nitrogen functional groups attached to an aromatic ring is 1. The van der Waals surface area contributed by atoms with E-state index < -0.39 is 25.5 Å². The molecule has 1 amide bonds. The third-order valence-corrected chi connectivity index (χ3v) is 3.92. The van der Waals surface area contributed by atoms with Gasteiger partial charge in [0, 0.05) is 20.0 Å². The second-order valence-electron chi connectivity index (χ2n) is 3.77. The number of benzene rings is 1. The summed E-state index contributed by atoms with van der Waals surface area (Å²) in [6, 6.07) is 3.62. The van der Waals surface area contributed by atoms with Crippen LogP contribution in [0.1, 0.15) is 6.42 Å². The van der Waals surface area contributed by atoms with E-state index in [4.69, 9.17) is 5.73 Å². The SMILES string of the molecule is CNC(=O)CCNS(=O)(=O)c1cccc(N)c1[N+](=O)[O-]. The minimum Gasteiger partial charge on any atom is -0.393 e. The van der Waals surface area contributed by atoms with E-state index in [1.165, 1.54) is 19.2 Å². The number of carbonyl (C=O) groups excluding carboxylic acids is 1. The highest BCUT2D eigenvalue weighted by atomic mass is 32.2. The Morgan fingerprint density at radius 2 is 2.10 bits per heavy atom. The van der Waals surface area contributed by atoms with Crippen molar-refractivity contribution in [2.45, 2.75) is 11.3 Å². The normalized spacial score (nSPS) is 11.1. The predicted molar refractivity (Wildman–Crippen MR) is 71.4 cm³/mol. The van der Waals surface area contributed by atoms with Crippen molar-refractivity contribution in [3.63, 3.8) is 0 Å². The first-order chi connectivity index (χ1) is 9.29. The second-order valence-corrected chi connectivity index (χ2v) is 5.51. The molecule has 110 valence electrons. The lowest BCUT2D eigenvalue weighted by molar-refractivity contribution is -0.386. The van der Waals surface area contributed by atoms with Gasteiger partial charge in [-0.3, -0.25) is 14.9 Å². The van der Waals surface area contributed by atoms with Crippen LogP contribution in [0.25, 0.3) is 0 Å². The number of amides is 1. The van der Waals surface area contributed by atoms with E-state index in [0.717, 1.165) is 6.07 Å². The summed E-state index contributed by atoms with van der Waals surface area (Å²) in [5.41, 5.74) is 4.49. The number of hydrogen-bond acceptors (Lipinski definition) is 6. The first-order valence-corrected chi connectivity index (χ1v) is 7.01. The number of hydrogen-bond donors (Lipinski definition) is 3. The summed E-state index contributed by atoms with van der Waals surface area (Å²) in [5, 5.41) is 13.2. The van der Waals surface area contributed by atoms with Gasteiger partial charge < -0.3 is 11.1 Å². The van der Waals surface area contributed by atoms with Crippen molar-refractivity contribution in [1.29, 1.82) is 0 Å². The predicted octanol–water partition coefficient (Wildman–Crippen LogP) is -0.409. The van der Waals surface area contributed by atoms with Crippen LogP contribution in [0.2, 0.25) is 0 Å². The summed E-state index contributed by atoms with van der Waals surface area (Å²) in [7, 11) is -2.70. The molecule has 0 unspecified atom stereocenters. The molecule has 0 saturated carbocycles. The number of nitrogens with one attached hydrogen (secondary N) is 2. The van der Waals surface area contributed by atoms with Gasteiger partial charge in [0.1, 0.15) is 5.69 Å². The lowest BCUT2D eigenvalue weighted by Crippen LogP contribution is -2.29. The van der Waals surface area contributed by atoms with E-state index in [1.807, 2.05) is 0 Å². The molecule has 0 spiro atoms. The Balaban J connectivity index is 3.02. The molecule has 0 aliphatic carbocycles. The molecule has 4 N–H and O–H groups in total. The van der Waals surface area contributed by atoms with Crippen LogP contribution in [0.5, 0.6) is 0 Å². The molecule has 1 rings (SSSR count). The number of nitrogens with two attached hydrogens (primary N) is 1. The topological polar surface area (TPSA) is 144 Å². The minimum absolute atomic E-state index is 0.0775. The number of nitrogens with zero attached hydrogens (tertiary/aromatic N) is 1. The maximum absolute atomic E-state index is 12.0. The van der Waals surface area contributed by atoms with Crippen LogP contribution < -0.4 is 15.8 Å². The minimum atomic E-state index is -4.11. The molecule has 0 aromatic heterocycles. The highest BCUT2D eigenvalue weighted by molar-refractivity contribution is 7.89. The Morgan fingerprint density at radius 1 is 1.45 bits per heavy atom. The number of anilines is 1. The molecule has 10 heteroatoms. The Bertz CT molecular complexity index is 629. The number of nitro groups is 1. The van der Waals surface area contributed by atoms with Gasteiger partial charge in [0.2, 0.25) is 15.9 Å². The monoisotopic (exact) mass is 302 g/mol. The summed E-state index contributed by atoms with van der Waals surface area (Å²) in [5.74, 6) is -0.352. The number of rotatable bonds is 6. The van der Waals surface area contributed by atoms with Gasteiger partial charge in [-0.05, 0) is 12.1 Å². The van der Waals surface area contributed by atoms with Crippen LogP contribution in [0.3, 0.4) is 0 Å². The molecule has 0 bridgehead atoms. The summed E-state index contributed by atoms with van der Waals surface area (Å²) in [6.45, 7) is -0.173. The number of sulfonamides is 1. The van der Waals surface area contributed by atoms with Gasteiger partial charge in [-0.2, -0.15) is 0 Å². The first-order valence-electron chi connectivity index (χ1n) is 5.52. The average Bonchev–Trinajstić information content (AvgIpc) is 2.37. The van der Waals surface area contributed by atoms with Crippen molar-refractivity contribution in [2.24, 2.45) is 0 Å². The Kier molecular flexibility index (Phi) is 5.00. The summed E-state index contributed by atoms with van der Waals surface area (Å²) < 4.78 is 26.1. The van der Waals surface area contributed by atoms with Gasteiger partial charge >= 0.3 is 5.69 Å². The fourth-order valence-electron chi connectivity index (χ4n) is 1.45. The zero-order chi connectivity index (χ0) is 15.3. The molecule has 0 fully saturated rings. The second kappa shape index (κ2) is 6.30. The van der Waals surface area contributed by atoms with E-state index in [-0.39, 0.29) is 24.6 Å². The number of carbonyl (C=O) groups is 1. The number of nitro benzene ring substituents is 1. The molecule has 0 atom stereocenters. The largest absolute Gasteiger partial charge is 0.393 e. The molecule has 1 aromatic carbocycles. The van der Waals surface area contributed by atoms with E-state index in [0.29, 0.717) is 0 Å². The van der Waals surface area contributed by atoms with E-state index >= 15 is 0 Å². The molecule has 1 aromatic rings. The van der Waals surface area contributed by atoms with Gasteiger partial charge in [-0.1, -0.05) is 6.07 Å². The average molecular weight is 302 g/mol. The van der Waals surface area contributed by atoms with Crippen LogP contribution in [-0.2, 0) is 14.8 Å². The summed E-state index contributed by atoms with van der Waals surface area (Å²) >= 11 is 0. The molecule has 0 heterocycles. The van der Waals surface area contributed by atoms with Crippen molar-refractivity contribution in [2.75, 3.05) is 19.3 Å². The lowest BCUT2D eigenvalue weighted by Gasteiger charge is -2.08. The zero-order valence-electron chi connectivity index (χ0n) is 10.6. The maximum Gasteiger partial charge on any atom is 0.312 e. The van der Waals surface area contributed by atoms with Crippen molar-refractivity contribution in [1.82, 2.24) is 10.0 Å². The lowest BCUT2D eigenvalue weighted by atomic mass is 10.3. The quantitative estimate of drug-likeness (QED) is 0.370. The molecule has 0 aliphatic heterocycles. The Morgan fingerprint density at radius 3 is 2.65 bits per heavy atom. The van der Waals surface area contributed by atoms with Crippen molar-refractivity contribution < 1.29 is 18.1 Å². The first kappa shape index (κ1) is 15.9. The summed E-state index contributed by atoms with van der Waals surface area (Å²) in [4.78, 5) is 20.5. The number of para-hydroxylation sites is 1. The van der Waals surface area contributed by atoms with Crippen molar-refractivity contribution in [3.8, 4) is 0 Å². The van der Waals surface area contributed by atoms with E-state index in [2.05, 4.69) is 10.0 Å². The van der Waals surface area contributed by atoms with E-state index in [9.17, 15) is 23.3 Å². The van der Waals surface area contributed by atoms with Gasteiger partial charge in [0.15, 0.2) is 4.90 Å². The fraction of sp³-hybridized carbons (Fsp3) is 0.300. The third kappa shape index (κ3) is 3.65. The summed E-state index contributed by atoms with van der Waals surface area (Å²) in [6.07, 6.45) is -0.0775. The smallest absolute Gasteiger partial charge is 0.312 e. The van der Waals surface area contributed by atoms with Crippen molar-refractivity contribution in [3.05, 3.63) is 28.3 Å². The highest BCUT2D eigenvalue weighted by Gasteiger charge is 2.27. The van der Waals surface area contributed by atoms with Gasteiger partial charge in [0.05, 0.1) is 4.92 Å². The third-order valence-electron chi connectivity index (χ3n) is 2.43. The highest BCUT2D eigenvalue weighted by Crippen LogP contribution is 2.29. The zero-order valence-corrected chi connectivity index (χ0v) is 11.4. The van der Waals surface area contributed by atoms with Crippen LogP contribution in [0, 0.1) is 10.1 Å². The Hall–Kier alpha value is -2.20. The van der Waals surface area contributed by atoms with Crippen LogP contribution in [0.15, 0.2) is 23.1 Å². The van der Waals surface area contributed by atoms with Gasteiger partial charge in [0.25, 0.3) is 0 Å². The van der Waals surface area contributed by atoms with Crippen molar-refractivity contribution >= 4 is 27.3 Å². The van der Waals surface area contributed by atoms with Crippen LogP contribution in [0.4, 0.5) is 11.4 Å². The Labute approximate surface area is 115 Å². The van der Waals surface area contributed by atoms with E-state index in [1.54, 1.807) is 0 Å². The molecule has 0 aliphatic rings. The fourth-order valence-corrected chi connectivity index (χ4v) is 2.68.